The topological polar surface area (TPSA) is 99.8 Å². The van der Waals surface area contributed by atoms with Gasteiger partial charge >= 0.3 is 5.69 Å². The fraction of sp³-hybridized carbons (Fsp3) is 0.390. The molecule has 6 rings (SSSR count). The summed E-state index contributed by atoms with van der Waals surface area (Å²) in [6, 6.07) is 27.0. The van der Waals surface area contributed by atoms with E-state index in [1.54, 1.807) is 18.4 Å². The lowest BCUT2D eigenvalue weighted by Gasteiger charge is -2.42. The molecule has 1 aliphatic heterocycles. The van der Waals surface area contributed by atoms with E-state index in [2.05, 4.69) is 15.9 Å². The first-order valence-corrected chi connectivity index (χ1v) is 21.3. The number of Topliss-reactive ketones (excluding diaryl/α,β-unsaturated/α-hetero) is 1. The third kappa shape index (κ3) is 6.99. The van der Waals surface area contributed by atoms with Crippen molar-refractivity contribution in [3.8, 4) is 0 Å². The Morgan fingerprint density at radius 3 is 2.08 bits per heavy atom. The molecule has 0 spiro atoms. The molecule has 0 radical (unpaired) electrons. The maximum absolute atomic E-state index is 14.9. The fourth-order valence-electron chi connectivity index (χ4n) is 7.52. The van der Waals surface area contributed by atoms with Gasteiger partial charge < -0.3 is 14.3 Å². The van der Waals surface area contributed by atoms with Crippen molar-refractivity contribution in [2.45, 2.75) is 90.1 Å². The zero-order valence-electron chi connectivity index (χ0n) is 30.6. The number of carbonyl (C=O) groups excluding carboxylic acids is 1. The Kier molecular flexibility index (Phi) is 11.1. The second kappa shape index (κ2) is 15.1. The molecule has 274 valence electrons. The van der Waals surface area contributed by atoms with Gasteiger partial charge in [0.05, 0.1) is 21.8 Å². The second-order valence-corrected chi connectivity index (χ2v) is 21.2. The lowest BCUT2D eigenvalue weighted by Crippen LogP contribution is -2.66. The van der Waals surface area contributed by atoms with Gasteiger partial charge in [-0.3, -0.25) is 14.2 Å². The summed E-state index contributed by atoms with van der Waals surface area (Å²) in [5.74, 6) is -0.318. The minimum Gasteiger partial charge on any atom is -0.424 e. The highest BCUT2D eigenvalue weighted by Gasteiger charge is 2.52. The van der Waals surface area contributed by atoms with E-state index in [1.165, 1.54) is 11.3 Å². The van der Waals surface area contributed by atoms with Gasteiger partial charge in [0.25, 0.3) is 13.9 Å². The summed E-state index contributed by atoms with van der Waals surface area (Å²) in [4.78, 5) is 57.5. The molecule has 0 aliphatic carbocycles. The van der Waals surface area contributed by atoms with Crippen LogP contribution >= 0.6 is 27.3 Å². The van der Waals surface area contributed by atoms with E-state index in [9.17, 15) is 19.2 Å². The minimum absolute atomic E-state index is 0.0512. The van der Waals surface area contributed by atoms with Crippen molar-refractivity contribution in [1.29, 1.82) is 0 Å². The molecule has 11 heteroatoms. The van der Waals surface area contributed by atoms with Crippen LogP contribution in [0.4, 0.5) is 0 Å². The molecule has 1 aliphatic rings. The summed E-state index contributed by atoms with van der Waals surface area (Å²) >= 11 is 4.97. The molecule has 0 amide bonds. The predicted octanol–water partition coefficient (Wildman–Crippen LogP) is 6.77. The van der Waals surface area contributed by atoms with E-state index in [-0.39, 0.29) is 24.9 Å². The molecule has 0 bridgehead atoms. The van der Waals surface area contributed by atoms with Gasteiger partial charge in [0.2, 0.25) is 0 Å². The molecule has 0 saturated carbocycles. The van der Waals surface area contributed by atoms with Crippen LogP contribution in [-0.2, 0) is 26.4 Å². The molecule has 3 heterocycles. The number of fused-ring (bicyclic) bond motifs is 1. The number of ketones is 1. The van der Waals surface area contributed by atoms with Crippen LogP contribution in [0.5, 0.6) is 0 Å². The standard InChI is InChI=1S/C41H47BrN2O6SSi/c1-27-15-13-14-20-32(27)33(50-29-21-23-49-24-22-29)26-43-38-35(28(2)36(42)51-38)37(46)44(39(43)47)41(5,6)34(45)25-40(3,4)52(48,30-16-9-7-10-17-30)31-18-11-8-12-19-31/h7-20,29,33,48H,21-26H2,1-6H3/t33-/m0/s1. The summed E-state index contributed by atoms with van der Waals surface area (Å²) in [5.41, 5.74) is 0.0708. The molecular formula is C41H47BrN2O6SSi. The number of thiophene rings is 1. The third-order valence-electron chi connectivity index (χ3n) is 10.8. The normalized spacial score (nSPS) is 15.2. The zero-order valence-corrected chi connectivity index (χ0v) is 34.1. The van der Waals surface area contributed by atoms with Crippen LogP contribution in [0.3, 0.4) is 0 Å². The van der Waals surface area contributed by atoms with Crippen molar-refractivity contribution in [1.82, 2.24) is 9.13 Å². The lowest BCUT2D eigenvalue weighted by atomic mass is 9.91. The van der Waals surface area contributed by atoms with Gasteiger partial charge in [-0.15, -0.1) is 11.3 Å². The van der Waals surface area contributed by atoms with Gasteiger partial charge in [-0.2, -0.15) is 0 Å². The Morgan fingerprint density at radius 1 is 0.942 bits per heavy atom. The first kappa shape index (κ1) is 38.3. The molecule has 2 aromatic heterocycles. The summed E-state index contributed by atoms with van der Waals surface area (Å²) in [5, 5.41) is 1.03. The molecule has 52 heavy (non-hydrogen) atoms. The smallest absolute Gasteiger partial charge is 0.333 e. The van der Waals surface area contributed by atoms with Gasteiger partial charge in [-0.1, -0.05) is 98.8 Å². The van der Waals surface area contributed by atoms with Crippen LogP contribution in [0.1, 0.15) is 69.8 Å². The quantitative estimate of drug-likeness (QED) is 0.140. The predicted molar refractivity (Wildman–Crippen MR) is 215 cm³/mol. The van der Waals surface area contributed by atoms with Gasteiger partial charge in [0.1, 0.15) is 16.5 Å². The zero-order chi connectivity index (χ0) is 37.4. The SMILES string of the molecule is Cc1ccccc1[C@H](Cn1c(=O)n(C(C)(C)C(=O)CC(C)(C)[Si](O)(c2ccccc2)c2ccccc2)c(=O)c2c(C)c(Br)sc21)OC1CCOCC1. The number of halogens is 1. The summed E-state index contributed by atoms with van der Waals surface area (Å²) in [6.07, 6.45) is 0.878. The van der Waals surface area contributed by atoms with Crippen molar-refractivity contribution in [3.05, 3.63) is 126 Å². The molecule has 1 N–H and O–H groups in total. The first-order chi connectivity index (χ1) is 24.7. The summed E-state index contributed by atoms with van der Waals surface area (Å²) < 4.78 is 15.9. The lowest BCUT2D eigenvalue weighted by molar-refractivity contribution is -0.127. The molecule has 5 aromatic rings. The van der Waals surface area contributed by atoms with E-state index in [4.69, 9.17) is 9.47 Å². The highest BCUT2D eigenvalue weighted by Crippen LogP contribution is 2.41. The molecule has 3 aromatic carbocycles. The monoisotopic (exact) mass is 802 g/mol. The second-order valence-electron chi connectivity index (χ2n) is 15.0. The first-order valence-electron chi connectivity index (χ1n) is 17.8. The molecule has 0 unspecified atom stereocenters. The Bertz CT molecular complexity index is 2150. The van der Waals surface area contributed by atoms with Crippen molar-refractivity contribution in [3.63, 3.8) is 0 Å². The highest BCUT2D eigenvalue weighted by atomic mass is 79.9. The number of ether oxygens (including phenoxy) is 2. The van der Waals surface area contributed by atoms with Gasteiger partial charge in [0.15, 0.2) is 5.78 Å². The Morgan fingerprint density at radius 2 is 1.50 bits per heavy atom. The van der Waals surface area contributed by atoms with Crippen molar-refractivity contribution in [2.75, 3.05) is 13.2 Å². The van der Waals surface area contributed by atoms with Crippen LogP contribution in [0, 0.1) is 13.8 Å². The van der Waals surface area contributed by atoms with Crippen molar-refractivity contribution in [2.24, 2.45) is 0 Å². The van der Waals surface area contributed by atoms with Gasteiger partial charge in [-0.05, 0) is 88.6 Å². The van der Waals surface area contributed by atoms with Crippen LogP contribution < -0.4 is 21.6 Å². The number of aryl methyl sites for hydroxylation is 2. The molecular weight excluding hydrogens is 757 g/mol. The summed E-state index contributed by atoms with van der Waals surface area (Å²) in [6.45, 7) is 12.4. The van der Waals surface area contributed by atoms with E-state index >= 15 is 0 Å². The maximum atomic E-state index is 14.9. The van der Waals surface area contributed by atoms with Crippen molar-refractivity contribution >= 4 is 62.0 Å². The van der Waals surface area contributed by atoms with E-state index < -0.39 is 36.2 Å². The van der Waals surface area contributed by atoms with Crippen molar-refractivity contribution < 1.29 is 19.1 Å². The van der Waals surface area contributed by atoms with Crippen LogP contribution in [0.2, 0.25) is 5.04 Å². The Balaban J connectivity index is 1.46. The molecule has 8 nitrogen and oxygen atoms in total. The highest BCUT2D eigenvalue weighted by molar-refractivity contribution is 9.11. The average molecular weight is 804 g/mol. The number of aromatic nitrogens is 2. The number of nitrogens with zero attached hydrogens (tertiary/aromatic N) is 2. The van der Waals surface area contributed by atoms with Gasteiger partial charge in [-0.25, -0.2) is 9.36 Å². The number of hydrogen-bond acceptors (Lipinski definition) is 7. The minimum atomic E-state index is -3.57. The molecule has 1 fully saturated rings. The Hall–Kier alpha value is -3.45. The molecule has 1 saturated heterocycles. The number of carbonyl (C=O) groups is 1. The number of rotatable bonds is 12. The summed E-state index contributed by atoms with van der Waals surface area (Å²) in [7, 11) is -3.57. The Labute approximate surface area is 318 Å². The van der Waals surface area contributed by atoms with Crippen LogP contribution in [-0.4, -0.2) is 47.3 Å². The number of benzene rings is 3. The average Bonchev–Trinajstić information content (AvgIpc) is 3.43. The number of hydrogen-bond donors (Lipinski definition) is 1. The van der Waals surface area contributed by atoms with E-state index in [1.807, 2.05) is 113 Å². The largest absolute Gasteiger partial charge is 0.424 e. The maximum Gasteiger partial charge on any atom is 0.333 e. The third-order valence-corrected chi connectivity index (χ3v) is 17.4. The van der Waals surface area contributed by atoms with Crippen LogP contribution in [0.25, 0.3) is 10.2 Å². The van der Waals surface area contributed by atoms with Crippen LogP contribution in [0.15, 0.2) is 98.3 Å². The van der Waals surface area contributed by atoms with Gasteiger partial charge in [0, 0.05) is 19.6 Å². The fourth-order valence-corrected chi connectivity index (χ4v) is 12.9. The van der Waals surface area contributed by atoms with E-state index in [0.29, 0.717) is 29.0 Å². The van der Waals surface area contributed by atoms with E-state index in [0.717, 1.165) is 42.7 Å². The molecule has 1 atom stereocenters.